The van der Waals surface area contributed by atoms with Crippen LogP contribution in [0.5, 0.6) is 0 Å². The summed E-state index contributed by atoms with van der Waals surface area (Å²) in [6, 6.07) is 6.54. The van der Waals surface area contributed by atoms with Crippen molar-refractivity contribution in [1.82, 2.24) is 9.97 Å². The second kappa shape index (κ2) is 8.89. The van der Waals surface area contributed by atoms with Crippen molar-refractivity contribution in [2.45, 2.75) is 25.3 Å². The lowest BCUT2D eigenvalue weighted by atomic mass is 10.0. The van der Waals surface area contributed by atoms with E-state index in [-0.39, 0.29) is 5.69 Å². The van der Waals surface area contributed by atoms with Gasteiger partial charge in [0.15, 0.2) is 6.61 Å². The Hall–Kier alpha value is -3.56. The Morgan fingerprint density at radius 2 is 1.93 bits per heavy atom. The predicted octanol–water partition coefficient (Wildman–Crippen LogP) is 1.93. The number of aromatic nitrogens is 2. The third kappa shape index (κ3) is 4.78. The molecule has 0 bridgehead atoms. The van der Waals surface area contributed by atoms with Crippen LogP contribution >= 0.6 is 0 Å². The fourth-order valence-corrected chi connectivity index (χ4v) is 2.95. The van der Waals surface area contributed by atoms with E-state index in [9.17, 15) is 19.7 Å². The number of esters is 1. The zero-order chi connectivity index (χ0) is 19.9. The summed E-state index contributed by atoms with van der Waals surface area (Å²) < 4.78 is 5.17. The van der Waals surface area contributed by atoms with E-state index in [4.69, 9.17) is 4.74 Å². The van der Waals surface area contributed by atoms with Crippen LogP contribution in [0, 0.1) is 10.1 Å². The van der Waals surface area contributed by atoms with Gasteiger partial charge < -0.3 is 15.0 Å². The molecule has 0 aliphatic carbocycles. The molecule has 10 nitrogen and oxygen atoms in total. The van der Waals surface area contributed by atoms with Crippen molar-refractivity contribution in [3.63, 3.8) is 0 Å². The maximum atomic E-state index is 12.5. The largest absolute Gasteiger partial charge is 0.454 e. The Bertz CT molecular complexity index is 843. The molecule has 2 aromatic rings. The van der Waals surface area contributed by atoms with Gasteiger partial charge in [-0.3, -0.25) is 14.9 Å². The highest BCUT2D eigenvalue weighted by Gasteiger charge is 2.32. The Kier molecular flexibility index (Phi) is 6.10. The van der Waals surface area contributed by atoms with E-state index >= 15 is 0 Å². The fraction of sp³-hybridized carbons (Fsp3) is 0.333. The number of nitrogens with one attached hydrogen (secondary N) is 1. The molecule has 1 aromatic heterocycles. The van der Waals surface area contributed by atoms with Gasteiger partial charge in [0.25, 0.3) is 11.6 Å². The van der Waals surface area contributed by atoms with Gasteiger partial charge in [0.2, 0.25) is 5.95 Å². The fourth-order valence-electron chi connectivity index (χ4n) is 2.95. The van der Waals surface area contributed by atoms with E-state index in [1.807, 2.05) is 0 Å². The zero-order valence-corrected chi connectivity index (χ0v) is 15.0. The summed E-state index contributed by atoms with van der Waals surface area (Å²) in [5, 5.41) is 13.2. The highest BCUT2D eigenvalue weighted by Crippen LogP contribution is 2.22. The molecule has 1 aromatic carbocycles. The number of carbonyl (C=O) groups excluding carboxylic acids is 2. The van der Waals surface area contributed by atoms with Gasteiger partial charge in [-0.15, -0.1) is 0 Å². The van der Waals surface area contributed by atoms with Crippen LogP contribution in [-0.2, 0) is 14.3 Å². The molecule has 0 radical (unpaired) electrons. The summed E-state index contributed by atoms with van der Waals surface area (Å²) in [4.78, 5) is 44.8. The molecule has 1 N–H and O–H groups in total. The number of benzene rings is 1. The van der Waals surface area contributed by atoms with Gasteiger partial charge in [0.1, 0.15) is 6.04 Å². The van der Waals surface area contributed by atoms with E-state index in [0.717, 1.165) is 12.8 Å². The average Bonchev–Trinajstić information content (AvgIpc) is 2.73. The highest BCUT2D eigenvalue weighted by atomic mass is 16.6. The number of nitro groups is 1. The van der Waals surface area contributed by atoms with Gasteiger partial charge >= 0.3 is 5.97 Å². The van der Waals surface area contributed by atoms with Crippen molar-refractivity contribution in [2.24, 2.45) is 0 Å². The van der Waals surface area contributed by atoms with Gasteiger partial charge in [-0.1, -0.05) is 0 Å². The number of carbonyl (C=O) groups is 2. The maximum absolute atomic E-state index is 12.5. The van der Waals surface area contributed by atoms with Gasteiger partial charge in [0, 0.05) is 36.8 Å². The lowest BCUT2D eigenvalue weighted by Gasteiger charge is -2.33. The van der Waals surface area contributed by atoms with Crippen LogP contribution in [0.2, 0.25) is 0 Å². The van der Waals surface area contributed by atoms with Gasteiger partial charge in [-0.2, -0.15) is 0 Å². The zero-order valence-electron chi connectivity index (χ0n) is 15.0. The number of anilines is 2. The van der Waals surface area contributed by atoms with Crippen molar-refractivity contribution in [2.75, 3.05) is 23.4 Å². The Morgan fingerprint density at radius 1 is 1.21 bits per heavy atom. The van der Waals surface area contributed by atoms with Crippen molar-refractivity contribution >= 4 is 29.2 Å². The standard InChI is InChI=1S/C18H19N5O5/c24-16(21-13-5-7-14(8-6-13)23(26)27)12-28-17(25)15-4-1-2-11-22(15)18-19-9-3-10-20-18/h3,5-10,15H,1-2,4,11-12H2,(H,21,24). The summed E-state index contributed by atoms with van der Waals surface area (Å²) >= 11 is 0. The minimum absolute atomic E-state index is 0.0788. The van der Waals surface area contributed by atoms with Crippen LogP contribution in [0.15, 0.2) is 42.7 Å². The molecular weight excluding hydrogens is 366 g/mol. The van der Waals surface area contributed by atoms with Crippen LogP contribution in [0.1, 0.15) is 19.3 Å². The van der Waals surface area contributed by atoms with Crippen LogP contribution < -0.4 is 10.2 Å². The summed E-state index contributed by atoms with van der Waals surface area (Å²) in [5.74, 6) is -0.578. The quantitative estimate of drug-likeness (QED) is 0.454. The first kappa shape index (κ1) is 19.2. The highest BCUT2D eigenvalue weighted by molar-refractivity contribution is 5.93. The number of piperidine rings is 1. The first-order valence-electron chi connectivity index (χ1n) is 8.79. The summed E-state index contributed by atoms with van der Waals surface area (Å²) in [7, 11) is 0. The molecule has 1 atom stereocenters. The molecule has 1 amide bonds. The van der Waals surface area contributed by atoms with Gasteiger partial charge in [0.05, 0.1) is 4.92 Å². The molecule has 10 heteroatoms. The smallest absolute Gasteiger partial charge is 0.329 e. The van der Waals surface area contributed by atoms with E-state index in [1.54, 1.807) is 23.4 Å². The number of rotatable bonds is 6. The molecule has 1 fully saturated rings. The maximum Gasteiger partial charge on any atom is 0.329 e. The first-order valence-corrected chi connectivity index (χ1v) is 8.79. The third-order valence-electron chi connectivity index (χ3n) is 4.29. The molecular formula is C18H19N5O5. The molecule has 0 saturated carbocycles. The molecule has 1 saturated heterocycles. The van der Waals surface area contributed by atoms with Crippen LogP contribution in [-0.4, -0.2) is 46.0 Å². The molecule has 0 spiro atoms. The molecule has 28 heavy (non-hydrogen) atoms. The van der Waals surface area contributed by atoms with E-state index in [0.29, 0.717) is 24.6 Å². The molecule has 3 rings (SSSR count). The van der Waals surface area contributed by atoms with Crippen LogP contribution in [0.3, 0.4) is 0 Å². The molecule has 1 aliphatic heterocycles. The van der Waals surface area contributed by atoms with Gasteiger partial charge in [-0.05, 0) is 37.5 Å². The van der Waals surface area contributed by atoms with Crippen molar-refractivity contribution in [3.8, 4) is 0 Å². The number of hydrogen-bond donors (Lipinski definition) is 1. The summed E-state index contributed by atoms with van der Waals surface area (Å²) in [6.45, 7) is 0.189. The summed E-state index contributed by atoms with van der Waals surface area (Å²) in [5.41, 5.74) is 0.300. The molecule has 2 heterocycles. The monoisotopic (exact) mass is 385 g/mol. The van der Waals surface area contributed by atoms with Crippen molar-refractivity contribution < 1.29 is 19.2 Å². The van der Waals surface area contributed by atoms with E-state index in [1.165, 1.54) is 24.3 Å². The van der Waals surface area contributed by atoms with Crippen LogP contribution in [0.25, 0.3) is 0 Å². The Morgan fingerprint density at radius 3 is 2.61 bits per heavy atom. The third-order valence-corrected chi connectivity index (χ3v) is 4.29. The topological polar surface area (TPSA) is 128 Å². The molecule has 1 aliphatic rings. The number of ether oxygens (including phenoxy) is 1. The number of nitrogens with zero attached hydrogens (tertiary/aromatic N) is 4. The average molecular weight is 385 g/mol. The first-order chi connectivity index (χ1) is 13.5. The van der Waals surface area contributed by atoms with Crippen molar-refractivity contribution in [3.05, 3.63) is 52.8 Å². The lowest BCUT2D eigenvalue weighted by Crippen LogP contribution is -2.47. The van der Waals surface area contributed by atoms with Crippen LogP contribution in [0.4, 0.5) is 17.3 Å². The summed E-state index contributed by atoms with van der Waals surface area (Å²) in [6.07, 6.45) is 5.61. The number of hydrogen-bond acceptors (Lipinski definition) is 8. The second-order valence-electron chi connectivity index (χ2n) is 6.21. The van der Waals surface area contributed by atoms with Crippen molar-refractivity contribution in [1.29, 1.82) is 0 Å². The second-order valence-corrected chi connectivity index (χ2v) is 6.21. The molecule has 1 unspecified atom stereocenters. The number of nitro benzene ring substituents is 1. The van der Waals surface area contributed by atoms with E-state index in [2.05, 4.69) is 15.3 Å². The van der Waals surface area contributed by atoms with Gasteiger partial charge in [-0.25, -0.2) is 14.8 Å². The Labute approximate surface area is 160 Å². The SMILES string of the molecule is O=C(COC(=O)C1CCCCN1c1ncccn1)Nc1ccc([N+](=O)[O-])cc1. The predicted molar refractivity (Wildman–Crippen MR) is 99.7 cm³/mol. The number of amides is 1. The Balaban J connectivity index is 1.54. The normalized spacial score (nSPS) is 16.3. The number of non-ortho nitro benzene ring substituents is 1. The minimum Gasteiger partial charge on any atom is -0.454 e. The van der Waals surface area contributed by atoms with E-state index < -0.39 is 29.4 Å². The molecule has 146 valence electrons. The lowest BCUT2D eigenvalue weighted by molar-refractivity contribution is -0.384. The minimum atomic E-state index is -0.539.